The lowest BCUT2D eigenvalue weighted by Gasteiger charge is -2.45. The normalized spacial score (nSPS) is 38.3. The topological polar surface area (TPSA) is 77.8 Å². The summed E-state index contributed by atoms with van der Waals surface area (Å²) < 4.78 is 0.908. The maximum absolute atomic E-state index is 12.9. The molecule has 6 atom stereocenters. The standard InChI is InChI=1S/C17H16BrNO4/c1-7-6-8(2-5-11(7)18)19-16(22)12-9-3-4-10(13(12)17(19)23)15(21)14(9)20/h2-6,9-10,12-15,20-21H,1H3/t9?,10?,12-,13+,14-,15+. The van der Waals surface area contributed by atoms with Gasteiger partial charge in [0.1, 0.15) is 0 Å². The lowest BCUT2D eigenvalue weighted by atomic mass is 9.60. The Morgan fingerprint density at radius 2 is 1.52 bits per heavy atom. The van der Waals surface area contributed by atoms with Crippen molar-refractivity contribution in [3.8, 4) is 0 Å². The third-order valence-corrected chi connectivity index (χ3v) is 6.21. The molecule has 1 aliphatic heterocycles. The average molecular weight is 378 g/mol. The maximum atomic E-state index is 12.9. The molecule has 2 unspecified atom stereocenters. The molecule has 2 N–H and O–H groups in total. The number of rotatable bonds is 1. The molecule has 0 aromatic heterocycles. The number of halogens is 1. The van der Waals surface area contributed by atoms with Crippen LogP contribution in [0.5, 0.6) is 0 Å². The summed E-state index contributed by atoms with van der Waals surface area (Å²) in [4.78, 5) is 26.9. The van der Waals surface area contributed by atoms with Crippen LogP contribution >= 0.6 is 15.9 Å². The molecular weight excluding hydrogens is 362 g/mol. The molecule has 1 aromatic rings. The number of benzene rings is 1. The maximum Gasteiger partial charge on any atom is 0.238 e. The number of aliphatic hydroxyl groups excluding tert-OH is 2. The highest BCUT2D eigenvalue weighted by molar-refractivity contribution is 9.10. The lowest BCUT2D eigenvalue weighted by molar-refractivity contribution is -0.142. The fourth-order valence-corrected chi connectivity index (χ4v) is 4.40. The smallest absolute Gasteiger partial charge is 0.238 e. The van der Waals surface area contributed by atoms with Gasteiger partial charge in [0.2, 0.25) is 11.8 Å². The van der Waals surface area contributed by atoms with E-state index < -0.39 is 35.9 Å². The van der Waals surface area contributed by atoms with E-state index in [0.29, 0.717) is 5.69 Å². The van der Waals surface area contributed by atoms with E-state index in [1.54, 1.807) is 24.3 Å². The molecule has 2 amide bonds. The van der Waals surface area contributed by atoms with E-state index in [1.807, 2.05) is 13.0 Å². The molecule has 0 radical (unpaired) electrons. The van der Waals surface area contributed by atoms with Crippen LogP contribution in [0.25, 0.3) is 0 Å². The summed E-state index contributed by atoms with van der Waals surface area (Å²) in [6.45, 7) is 1.89. The third kappa shape index (κ3) is 1.92. The van der Waals surface area contributed by atoms with Gasteiger partial charge in [0, 0.05) is 16.3 Å². The van der Waals surface area contributed by atoms with Crippen LogP contribution in [-0.4, -0.2) is 34.2 Å². The number of imide groups is 1. The zero-order chi connectivity index (χ0) is 16.5. The highest BCUT2D eigenvalue weighted by Gasteiger charge is 2.62. The van der Waals surface area contributed by atoms with Gasteiger partial charge in [0.25, 0.3) is 0 Å². The van der Waals surface area contributed by atoms with Crippen molar-refractivity contribution < 1.29 is 19.8 Å². The number of anilines is 1. The first kappa shape index (κ1) is 15.1. The van der Waals surface area contributed by atoms with Crippen molar-refractivity contribution >= 4 is 33.4 Å². The van der Waals surface area contributed by atoms with Gasteiger partial charge in [-0.05, 0) is 30.7 Å². The van der Waals surface area contributed by atoms with E-state index >= 15 is 0 Å². The fraction of sp³-hybridized carbons (Fsp3) is 0.412. The molecule has 5 nitrogen and oxygen atoms in total. The van der Waals surface area contributed by atoms with Gasteiger partial charge >= 0.3 is 0 Å². The number of amides is 2. The van der Waals surface area contributed by atoms with Crippen molar-refractivity contribution in [2.75, 3.05) is 4.90 Å². The van der Waals surface area contributed by atoms with Gasteiger partial charge < -0.3 is 10.2 Å². The molecule has 5 rings (SSSR count). The van der Waals surface area contributed by atoms with Crippen molar-refractivity contribution in [2.45, 2.75) is 19.1 Å². The molecule has 1 saturated heterocycles. The number of fused-ring (bicyclic) bond motifs is 1. The zero-order valence-corrected chi connectivity index (χ0v) is 14.0. The number of nitrogens with zero attached hydrogens (tertiary/aromatic N) is 1. The number of hydrogen-bond donors (Lipinski definition) is 2. The monoisotopic (exact) mass is 377 g/mol. The molecule has 2 bridgehead atoms. The van der Waals surface area contributed by atoms with Crippen molar-refractivity contribution in [1.29, 1.82) is 0 Å². The van der Waals surface area contributed by atoms with Crippen LogP contribution in [-0.2, 0) is 9.59 Å². The van der Waals surface area contributed by atoms with Crippen LogP contribution < -0.4 is 4.90 Å². The van der Waals surface area contributed by atoms with E-state index in [0.717, 1.165) is 10.0 Å². The van der Waals surface area contributed by atoms with Gasteiger partial charge in [0.05, 0.1) is 29.7 Å². The first-order valence-corrected chi connectivity index (χ1v) is 8.39. The van der Waals surface area contributed by atoms with Gasteiger partial charge in [0.15, 0.2) is 0 Å². The predicted molar refractivity (Wildman–Crippen MR) is 86.5 cm³/mol. The van der Waals surface area contributed by atoms with Crippen molar-refractivity contribution in [2.24, 2.45) is 23.7 Å². The highest BCUT2D eigenvalue weighted by atomic mass is 79.9. The second-order valence-electron chi connectivity index (χ2n) is 6.52. The molecule has 3 aliphatic carbocycles. The van der Waals surface area contributed by atoms with E-state index in [2.05, 4.69) is 15.9 Å². The largest absolute Gasteiger partial charge is 0.390 e. The Labute approximate surface area is 141 Å². The van der Waals surface area contributed by atoms with E-state index in [-0.39, 0.29) is 11.8 Å². The lowest BCUT2D eigenvalue weighted by Crippen LogP contribution is -2.55. The van der Waals surface area contributed by atoms with Crippen molar-refractivity contribution in [3.63, 3.8) is 0 Å². The Hall–Kier alpha value is -1.50. The van der Waals surface area contributed by atoms with E-state index in [9.17, 15) is 19.8 Å². The molecule has 23 heavy (non-hydrogen) atoms. The van der Waals surface area contributed by atoms with Crippen molar-refractivity contribution in [3.05, 3.63) is 40.4 Å². The van der Waals surface area contributed by atoms with E-state index in [1.165, 1.54) is 4.90 Å². The van der Waals surface area contributed by atoms with Gasteiger partial charge in [-0.25, -0.2) is 0 Å². The summed E-state index contributed by atoms with van der Waals surface area (Å²) in [7, 11) is 0. The molecule has 2 fully saturated rings. The molecule has 120 valence electrons. The second kappa shape index (κ2) is 5.00. The molecular formula is C17H16BrNO4. The molecule has 1 saturated carbocycles. The van der Waals surface area contributed by atoms with Gasteiger partial charge in [-0.2, -0.15) is 0 Å². The first-order valence-electron chi connectivity index (χ1n) is 7.60. The molecule has 6 heteroatoms. The van der Waals surface area contributed by atoms with Crippen LogP contribution in [0.1, 0.15) is 5.56 Å². The molecule has 1 aromatic carbocycles. The van der Waals surface area contributed by atoms with Crippen LogP contribution in [0.3, 0.4) is 0 Å². The Balaban J connectivity index is 1.77. The minimum Gasteiger partial charge on any atom is -0.390 e. The number of aryl methyl sites for hydroxylation is 1. The van der Waals surface area contributed by atoms with Gasteiger partial charge in [-0.1, -0.05) is 28.1 Å². The summed E-state index contributed by atoms with van der Waals surface area (Å²) >= 11 is 3.41. The minimum atomic E-state index is -0.991. The summed E-state index contributed by atoms with van der Waals surface area (Å²) in [6.07, 6.45) is 1.55. The van der Waals surface area contributed by atoms with Crippen molar-refractivity contribution in [1.82, 2.24) is 0 Å². The van der Waals surface area contributed by atoms with Crippen LogP contribution in [0.15, 0.2) is 34.8 Å². The van der Waals surface area contributed by atoms with Crippen LogP contribution in [0.4, 0.5) is 5.69 Å². The number of carbonyl (C=O) groups is 2. The quantitative estimate of drug-likeness (QED) is 0.572. The molecule has 1 heterocycles. The highest BCUT2D eigenvalue weighted by Crippen LogP contribution is 2.50. The SMILES string of the molecule is Cc1cc(N2C(=O)[C@@H]3C4C=CC([C@H](O)[C@@H]4O)[C@@H]3C2=O)ccc1Br. The van der Waals surface area contributed by atoms with Crippen LogP contribution in [0, 0.1) is 30.6 Å². The number of aliphatic hydroxyl groups is 2. The average Bonchev–Trinajstić information content (AvgIpc) is 2.80. The number of carbonyl (C=O) groups excluding carboxylic acids is 2. The second-order valence-corrected chi connectivity index (χ2v) is 7.37. The first-order chi connectivity index (χ1) is 10.9. The summed E-state index contributed by atoms with van der Waals surface area (Å²) in [6, 6.07) is 5.33. The Morgan fingerprint density at radius 3 is 2.00 bits per heavy atom. The Kier molecular flexibility index (Phi) is 3.27. The molecule has 0 spiro atoms. The summed E-state index contributed by atoms with van der Waals surface area (Å²) in [5.74, 6) is -2.74. The third-order valence-electron chi connectivity index (χ3n) is 5.32. The summed E-state index contributed by atoms with van der Waals surface area (Å²) in [5, 5.41) is 20.3. The van der Waals surface area contributed by atoms with Crippen LogP contribution in [0.2, 0.25) is 0 Å². The number of hydrogen-bond acceptors (Lipinski definition) is 4. The summed E-state index contributed by atoms with van der Waals surface area (Å²) in [5.41, 5.74) is 1.47. The fourth-order valence-electron chi connectivity index (χ4n) is 4.15. The van der Waals surface area contributed by atoms with Gasteiger partial charge in [-0.15, -0.1) is 0 Å². The van der Waals surface area contributed by atoms with Gasteiger partial charge in [-0.3, -0.25) is 14.5 Å². The molecule has 4 aliphatic rings. The minimum absolute atomic E-state index is 0.285. The van der Waals surface area contributed by atoms with E-state index in [4.69, 9.17) is 0 Å². The Bertz CT molecular complexity index is 710. The predicted octanol–water partition coefficient (Wildman–Crippen LogP) is 1.40. The zero-order valence-electron chi connectivity index (χ0n) is 12.4. The Morgan fingerprint density at radius 1 is 1.00 bits per heavy atom.